The van der Waals surface area contributed by atoms with E-state index < -0.39 is 0 Å². The summed E-state index contributed by atoms with van der Waals surface area (Å²) in [6.45, 7) is 6.64. The van der Waals surface area contributed by atoms with Gasteiger partial charge in [-0.2, -0.15) is 0 Å². The van der Waals surface area contributed by atoms with Crippen LogP contribution in [0.4, 0.5) is 5.69 Å². The van der Waals surface area contributed by atoms with Gasteiger partial charge < -0.3 is 5.73 Å². The van der Waals surface area contributed by atoms with Crippen LogP contribution in [-0.4, -0.2) is 0 Å². The quantitative estimate of drug-likeness (QED) is 0.726. The highest BCUT2D eigenvalue weighted by Crippen LogP contribution is 2.38. The molecule has 1 aromatic carbocycles. The third-order valence-corrected chi connectivity index (χ3v) is 4.41. The van der Waals surface area contributed by atoms with Crippen molar-refractivity contribution in [3.63, 3.8) is 0 Å². The van der Waals surface area contributed by atoms with Crippen LogP contribution in [0.25, 0.3) is 10.4 Å². The summed E-state index contributed by atoms with van der Waals surface area (Å²) in [5.74, 6) is 0. The maximum absolute atomic E-state index is 6.01. The summed E-state index contributed by atoms with van der Waals surface area (Å²) in [4.78, 5) is 2.53. The van der Waals surface area contributed by atoms with Crippen molar-refractivity contribution >= 4 is 28.6 Å². The lowest BCUT2D eigenvalue weighted by molar-refractivity contribution is 0.604. The molecular weight excluding hydrogens is 250 g/mol. The van der Waals surface area contributed by atoms with Crippen molar-refractivity contribution in [2.75, 3.05) is 5.73 Å². The van der Waals surface area contributed by atoms with Gasteiger partial charge in [0.15, 0.2) is 0 Å². The molecule has 0 aliphatic heterocycles. The van der Waals surface area contributed by atoms with E-state index in [1.165, 1.54) is 9.75 Å². The molecule has 2 rings (SSSR count). The number of hydrogen-bond acceptors (Lipinski definition) is 2. The molecule has 0 amide bonds. The molecule has 0 atom stereocenters. The molecule has 0 aliphatic carbocycles. The fourth-order valence-corrected chi connectivity index (χ4v) is 2.90. The minimum Gasteiger partial charge on any atom is -0.398 e. The Morgan fingerprint density at radius 1 is 1.12 bits per heavy atom. The zero-order valence-corrected chi connectivity index (χ0v) is 11.8. The lowest BCUT2D eigenvalue weighted by atomic mass is 9.95. The highest BCUT2D eigenvalue weighted by atomic mass is 35.5. The van der Waals surface area contributed by atoms with Gasteiger partial charge in [0, 0.05) is 26.0 Å². The molecule has 90 valence electrons. The zero-order chi connectivity index (χ0) is 12.6. The molecule has 17 heavy (non-hydrogen) atoms. The Kier molecular flexibility index (Phi) is 3.19. The fourth-order valence-electron chi connectivity index (χ4n) is 1.63. The van der Waals surface area contributed by atoms with Crippen molar-refractivity contribution < 1.29 is 0 Å². The van der Waals surface area contributed by atoms with Gasteiger partial charge >= 0.3 is 0 Å². The van der Waals surface area contributed by atoms with E-state index in [2.05, 4.69) is 32.9 Å². The Balaban J connectivity index is 2.47. The molecule has 0 fully saturated rings. The molecular formula is C14H16ClNS. The number of anilines is 1. The predicted molar refractivity (Wildman–Crippen MR) is 77.9 cm³/mol. The van der Waals surface area contributed by atoms with E-state index in [1.54, 1.807) is 11.3 Å². The minimum absolute atomic E-state index is 0.177. The number of halogens is 1. The van der Waals surface area contributed by atoms with Crippen molar-refractivity contribution in [1.82, 2.24) is 0 Å². The first-order valence-corrected chi connectivity index (χ1v) is 6.73. The summed E-state index contributed by atoms with van der Waals surface area (Å²) < 4.78 is 0. The van der Waals surface area contributed by atoms with Crippen LogP contribution in [0, 0.1) is 0 Å². The van der Waals surface area contributed by atoms with E-state index in [1.807, 2.05) is 18.2 Å². The Labute approximate surface area is 111 Å². The number of hydrogen-bond donors (Lipinski definition) is 1. The average Bonchev–Trinajstić information content (AvgIpc) is 2.70. The number of nitrogen functional groups attached to an aromatic ring is 1. The number of thiophene rings is 1. The van der Waals surface area contributed by atoms with E-state index in [0.717, 1.165) is 16.3 Å². The normalized spacial score (nSPS) is 11.8. The molecule has 1 nitrogen and oxygen atoms in total. The maximum Gasteiger partial charge on any atom is 0.0413 e. The van der Waals surface area contributed by atoms with Crippen LogP contribution >= 0.6 is 22.9 Å². The number of benzene rings is 1. The lowest BCUT2D eigenvalue weighted by Gasteiger charge is -2.15. The molecule has 0 aliphatic rings. The van der Waals surface area contributed by atoms with Crippen LogP contribution in [0.5, 0.6) is 0 Å². The van der Waals surface area contributed by atoms with Gasteiger partial charge in [0.1, 0.15) is 0 Å². The first-order valence-electron chi connectivity index (χ1n) is 5.53. The highest BCUT2D eigenvalue weighted by molar-refractivity contribution is 7.15. The summed E-state index contributed by atoms with van der Waals surface area (Å²) in [6.07, 6.45) is 0. The van der Waals surface area contributed by atoms with Crippen LogP contribution in [0.2, 0.25) is 5.02 Å². The molecule has 2 N–H and O–H groups in total. The third-order valence-electron chi connectivity index (χ3n) is 2.63. The van der Waals surface area contributed by atoms with Crippen LogP contribution < -0.4 is 5.73 Å². The average molecular weight is 266 g/mol. The third kappa shape index (κ3) is 2.64. The second-order valence-electron chi connectivity index (χ2n) is 5.15. The smallest absolute Gasteiger partial charge is 0.0413 e. The van der Waals surface area contributed by atoms with Crippen LogP contribution in [0.15, 0.2) is 30.3 Å². The van der Waals surface area contributed by atoms with Gasteiger partial charge in [-0.05, 0) is 35.7 Å². The molecule has 0 bridgehead atoms. The predicted octanol–water partition coefficient (Wildman–Crippen LogP) is 4.95. The topological polar surface area (TPSA) is 26.0 Å². The Morgan fingerprint density at radius 2 is 1.82 bits per heavy atom. The van der Waals surface area contributed by atoms with Crippen molar-refractivity contribution in [2.24, 2.45) is 0 Å². The summed E-state index contributed by atoms with van der Waals surface area (Å²) in [6, 6.07) is 9.88. The van der Waals surface area contributed by atoms with Gasteiger partial charge in [0.2, 0.25) is 0 Å². The first kappa shape index (κ1) is 12.5. The van der Waals surface area contributed by atoms with E-state index in [-0.39, 0.29) is 5.41 Å². The van der Waals surface area contributed by atoms with Crippen LogP contribution in [-0.2, 0) is 5.41 Å². The van der Waals surface area contributed by atoms with E-state index in [4.69, 9.17) is 17.3 Å². The molecule has 0 spiro atoms. The van der Waals surface area contributed by atoms with Crippen LogP contribution in [0.1, 0.15) is 25.6 Å². The standard InChI is InChI=1S/C14H16ClNS/c1-14(2,3)13-7-6-12(17-13)10-8-9(15)4-5-11(10)16/h4-8H,16H2,1-3H3. The van der Waals surface area contributed by atoms with Gasteiger partial charge in [0.25, 0.3) is 0 Å². The van der Waals surface area contributed by atoms with Gasteiger partial charge in [-0.3, -0.25) is 0 Å². The second-order valence-corrected chi connectivity index (χ2v) is 6.67. The monoisotopic (exact) mass is 265 g/mol. The fraction of sp³-hybridized carbons (Fsp3) is 0.286. The Morgan fingerprint density at radius 3 is 2.41 bits per heavy atom. The SMILES string of the molecule is CC(C)(C)c1ccc(-c2cc(Cl)ccc2N)s1. The Hall–Kier alpha value is -0.990. The lowest BCUT2D eigenvalue weighted by Crippen LogP contribution is -2.07. The maximum atomic E-state index is 6.01. The van der Waals surface area contributed by atoms with Crippen molar-refractivity contribution in [2.45, 2.75) is 26.2 Å². The van der Waals surface area contributed by atoms with Gasteiger partial charge in [-0.15, -0.1) is 11.3 Å². The molecule has 0 radical (unpaired) electrons. The van der Waals surface area contributed by atoms with E-state index in [9.17, 15) is 0 Å². The minimum atomic E-state index is 0.177. The van der Waals surface area contributed by atoms with Crippen LogP contribution in [0.3, 0.4) is 0 Å². The summed E-state index contributed by atoms with van der Waals surface area (Å²) >= 11 is 7.79. The Bertz CT molecular complexity index is 537. The summed E-state index contributed by atoms with van der Waals surface area (Å²) in [5.41, 5.74) is 7.97. The number of nitrogens with two attached hydrogens (primary N) is 1. The second kappa shape index (κ2) is 4.35. The van der Waals surface area contributed by atoms with Gasteiger partial charge in [-0.1, -0.05) is 32.4 Å². The van der Waals surface area contributed by atoms with Crippen molar-refractivity contribution in [3.05, 3.63) is 40.2 Å². The molecule has 0 saturated carbocycles. The molecule has 0 unspecified atom stereocenters. The number of rotatable bonds is 1. The van der Waals surface area contributed by atoms with E-state index >= 15 is 0 Å². The molecule has 3 heteroatoms. The van der Waals surface area contributed by atoms with E-state index in [0.29, 0.717) is 0 Å². The molecule has 2 aromatic rings. The highest BCUT2D eigenvalue weighted by Gasteiger charge is 2.17. The van der Waals surface area contributed by atoms with Crippen molar-refractivity contribution in [3.8, 4) is 10.4 Å². The molecule has 0 saturated heterocycles. The summed E-state index contributed by atoms with van der Waals surface area (Å²) in [7, 11) is 0. The van der Waals surface area contributed by atoms with Gasteiger partial charge in [0.05, 0.1) is 0 Å². The van der Waals surface area contributed by atoms with Crippen molar-refractivity contribution in [1.29, 1.82) is 0 Å². The molecule has 1 heterocycles. The zero-order valence-electron chi connectivity index (χ0n) is 10.3. The van der Waals surface area contributed by atoms with Gasteiger partial charge in [-0.25, -0.2) is 0 Å². The summed E-state index contributed by atoms with van der Waals surface area (Å²) in [5, 5.41) is 0.722. The first-order chi connectivity index (χ1) is 7.88. The largest absolute Gasteiger partial charge is 0.398 e. The molecule has 1 aromatic heterocycles.